The fourth-order valence-corrected chi connectivity index (χ4v) is 3.12. The van der Waals surface area contributed by atoms with Crippen molar-refractivity contribution < 1.29 is 26.9 Å². The summed E-state index contributed by atoms with van der Waals surface area (Å²) < 4.78 is 38.8. The first-order chi connectivity index (χ1) is 10.7. The van der Waals surface area contributed by atoms with Crippen LogP contribution in [0.25, 0.3) is 0 Å². The van der Waals surface area contributed by atoms with Crippen LogP contribution in [0, 0.1) is 0 Å². The van der Waals surface area contributed by atoms with Crippen LogP contribution in [-0.4, -0.2) is 51.6 Å². The second-order valence-electron chi connectivity index (χ2n) is 5.57. The molecule has 0 saturated carbocycles. The summed E-state index contributed by atoms with van der Waals surface area (Å²) in [7, 11) is -3.70. The molecule has 0 saturated heterocycles. The summed E-state index contributed by atoms with van der Waals surface area (Å²) in [5, 5.41) is 0. The van der Waals surface area contributed by atoms with Crippen LogP contribution in [0.5, 0.6) is 0 Å². The molecule has 0 spiro atoms. The first-order valence-electron chi connectivity index (χ1n) is 7.88. The van der Waals surface area contributed by atoms with Gasteiger partial charge >= 0.3 is 5.97 Å². The van der Waals surface area contributed by atoms with Crippen molar-refractivity contribution in [3.8, 4) is 0 Å². The number of hydrogen-bond acceptors (Lipinski definition) is 7. The molecule has 0 aromatic rings. The molecule has 0 radical (unpaired) electrons. The Morgan fingerprint density at radius 1 is 1.35 bits per heavy atom. The lowest BCUT2D eigenvalue weighted by atomic mass is 9.90. The van der Waals surface area contributed by atoms with Gasteiger partial charge in [-0.2, -0.15) is 8.42 Å². The van der Waals surface area contributed by atoms with Gasteiger partial charge in [0.15, 0.2) is 0 Å². The first kappa shape index (κ1) is 20.1. The van der Waals surface area contributed by atoms with Crippen molar-refractivity contribution in [1.29, 1.82) is 0 Å². The summed E-state index contributed by atoms with van der Waals surface area (Å²) in [4.78, 5) is 12.0. The van der Waals surface area contributed by atoms with Crippen molar-refractivity contribution in [1.82, 2.24) is 0 Å². The van der Waals surface area contributed by atoms with E-state index in [-0.39, 0.29) is 19.1 Å². The van der Waals surface area contributed by atoms with E-state index in [0.29, 0.717) is 5.57 Å². The third-order valence-corrected chi connectivity index (χ3v) is 4.29. The van der Waals surface area contributed by atoms with Crippen molar-refractivity contribution >= 4 is 16.1 Å². The summed E-state index contributed by atoms with van der Waals surface area (Å²) >= 11 is 0. The molecule has 0 heterocycles. The van der Waals surface area contributed by atoms with Crippen molar-refractivity contribution in [2.75, 3.05) is 12.9 Å². The third-order valence-electron chi connectivity index (χ3n) is 3.69. The number of nitrogens with two attached hydrogens (primary N) is 1. The second kappa shape index (κ2) is 8.77. The Labute approximate surface area is 138 Å². The van der Waals surface area contributed by atoms with E-state index < -0.39 is 34.3 Å². The van der Waals surface area contributed by atoms with Gasteiger partial charge in [-0.3, -0.25) is 4.18 Å². The number of esters is 1. The Hall–Kier alpha value is -0.960. The molecular formula is C15H27NO6S. The van der Waals surface area contributed by atoms with Crippen molar-refractivity contribution in [2.45, 2.75) is 64.4 Å². The summed E-state index contributed by atoms with van der Waals surface area (Å²) in [5.74, 6) is -0.500. The average Bonchev–Trinajstić information content (AvgIpc) is 2.46. The van der Waals surface area contributed by atoms with E-state index in [1.807, 2.05) is 13.8 Å². The van der Waals surface area contributed by atoms with Gasteiger partial charge in [-0.05, 0) is 25.8 Å². The average molecular weight is 349 g/mol. The minimum atomic E-state index is -3.70. The molecule has 0 aromatic heterocycles. The second-order valence-corrected chi connectivity index (χ2v) is 7.17. The highest BCUT2D eigenvalue weighted by atomic mass is 32.2. The zero-order valence-electron chi connectivity index (χ0n) is 14.2. The Kier molecular flexibility index (Phi) is 7.66. The molecule has 23 heavy (non-hydrogen) atoms. The molecule has 1 aliphatic carbocycles. The lowest BCUT2D eigenvalue weighted by molar-refractivity contribution is -0.139. The molecule has 8 heteroatoms. The Balaban J connectivity index is 3.03. The molecule has 0 amide bonds. The highest BCUT2D eigenvalue weighted by Crippen LogP contribution is 2.26. The summed E-state index contributed by atoms with van der Waals surface area (Å²) in [5.41, 5.74) is 6.44. The molecule has 3 atom stereocenters. The minimum absolute atomic E-state index is 0.0253. The van der Waals surface area contributed by atoms with Gasteiger partial charge in [-0.1, -0.05) is 13.8 Å². The zero-order valence-corrected chi connectivity index (χ0v) is 15.0. The molecule has 0 unspecified atom stereocenters. The lowest BCUT2D eigenvalue weighted by Crippen LogP contribution is -2.51. The SMILES string of the molecule is CCOC(=O)C1=C[C@@H](OC(CC)CC)[C@H](N)[C@@H](OS(C)(=O)=O)C1. The van der Waals surface area contributed by atoms with Crippen molar-refractivity contribution in [3.05, 3.63) is 11.6 Å². The minimum Gasteiger partial charge on any atom is -0.463 e. The van der Waals surface area contributed by atoms with Gasteiger partial charge in [0.05, 0.1) is 37.2 Å². The van der Waals surface area contributed by atoms with Crippen LogP contribution >= 0.6 is 0 Å². The zero-order chi connectivity index (χ0) is 17.6. The van der Waals surface area contributed by atoms with Crippen LogP contribution < -0.4 is 5.73 Å². The fourth-order valence-electron chi connectivity index (χ4n) is 2.47. The van der Waals surface area contributed by atoms with E-state index in [9.17, 15) is 13.2 Å². The molecule has 7 nitrogen and oxygen atoms in total. The van der Waals surface area contributed by atoms with Crippen LogP contribution in [0.15, 0.2) is 11.6 Å². The first-order valence-corrected chi connectivity index (χ1v) is 9.70. The molecule has 2 N–H and O–H groups in total. The largest absolute Gasteiger partial charge is 0.463 e. The predicted octanol–water partition coefficient (Wildman–Crippen LogP) is 1.13. The summed E-state index contributed by atoms with van der Waals surface area (Å²) in [6.45, 7) is 5.92. The van der Waals surface area contributed by atoms with Crippen molar-refractivity contribution in [2.24, 2.45) is 5.73 Å². The predicted molar refractivity (Wildman–Crippen MR) is 86.3 cm³/mol. The lowest BCUT2D eigenvalue weighted by Gasteiger charge is -2.35. The van der Waals surface area contributed by atoms with Crippen molar-refractivity contribution in [3.63, 3.8) is 0 Å². The summed E-state index contributed by atoms with van der Waals surface area (Å²) in [6, 6.07) is -0.677. The molecule has 0 aromatic carbocycles. The Morgan fingerprint density at radius 2 is 1.96 bits per heavy atom. The topological polar surface area (TPSA) is 105 Å². The normalized spacial score (nSPS) is 25.3. The van der Waals surface area contributed by atoms with Gasteiger partial charge in [0, 0.05) is 12.0 Å². The highest BCUT2D eigenvalue weighted by molar-refractivity contribution is 7.86. The number of hydrogen-bond donors (Lipinski definition) is 1. The van der Waals surface area contributed by atoms with Gasteiger partial charge < -0.3 is 15.2 Å². The van der Waals surface area contributed by atoms with Gasteiger partial charge in [0.2, 0.25) is 0 Å². The van der Waals surface area contributed by atoms with E-state index in [4.69, 9.17) is 19.4 Å². The molecule has 0 bridgehead atoms. The number of carbonyl (C=O) groups is 1. The van der Waals surface area contributed by atoms with Crippen LogP contribution in [-0.2, 0) is 28.6 Å². The molecule has 1 aliphatic rings. The molecular weight excluding hydrogens is 322 g/mol. The Morgan fingerprint density at radius 3 is 2.43 bits per heavy atom. The van der Waals surface area contributed by atoms with Gasteiger partial charge in [-0.25, -0.2) is 4.79 Å². The maximum atomic E-state index is 12.0. The maximum absolute atomic E-state index is 12.0. The quantitative estimate of drug-likeness (QED) is 0.517. The van der Waals surface area contributed by atoms with Crippen LogP contribution in [0.2, 0.25) is 0 Å². The van der Waals surface area contributed by atoms with Crippen LogP contribution in [0.1, 0.15) is 40.0 Å². The smallest absolute Gasteiger partial charge is 0.333 e. The van der Waals surface area contributed by atoms with E-state index in [2.05, 4.69) is 0 Å². The Bertz CT molecular complexity index is 526. The van der Waals surface area contributed by atoms with Crippen LogP contribution in [0.3, 0.4) is 0 Å². The molecule has 1 rings (SSSR count). The number of ether oxygens (including phenoxy) is 2. The monoisotopic (exact) mass is 349 g/mol. The molecule has 134 valence electrons. The molecule has 0 fully saturated rings. The van der Waals surface area contributed by atoms with Gasteiger partial charge in [0.25, 0.3) is 10.1 Å². The van der Waals surface area contributed by atoms with E-state index >= 15 is 0 Å². The maximum Gasteiger partial charge on any atom is 0.333 e. The third kappa shape index (κ3) is 6.21. The number of rotatable bonds is 8. The summed E-state index contributed by atoms with van der Waals surface area (Å²) in [6.07, 6.45) is 2.77. The molecule has 0 aliphatic heterocycles. The fraction of sp³-hybridized carbons (Fsp3) is 0.800. The highest BCUT2D eigenvalue weighted by Gasteiger charge is 2.37. The van der Waals surface area contributed by atoms with Gasteiger partial charge in [0.1, 0.15) is 0 Å². The number of carbonyl (C=O) groups excluding carboxylic acids is 1. The standard InChI is InChI=1S/C15H27NO6S/c1-5-11(6-2)21-12-8-10(15(17)20-7-3)9-13(14(12)16)22-23(4,18)19/h8,11-14H,5-7,9,16H2,1-4H3/t12-,13+,14+/m1/s1. The van der Waals surface area contributed by atoms with E-state index in [1.54, 1.807) is 13.0 Å². The van der Waals surface area contributed by atoms with Gasteiger partial charge in [-0.15, -0.1) is 0 Å². The van der Waals surface area contributed by atoms with E-state index in [1.165, 1.54) is 0 Å². The van der Waals surface area contributed by atoms with Crippen LogP contribution in [0.4, 0.5) is 0 Å². The van der Waals surface area contributed by atoms with E-state index in [0.717, 1.165) is 19.1 Å².